The highest BCUT2D eigenvalue weighted by Gasteiger charge is 2.13. The maximum Gasteiger partial charge on any atom is 0.0824 e. The molecule has 0 aromatic carbocycles. The number of halogens is 1. The van der Waals surface area contributed by atoms with Crippen molar-refractivity contribution in [2.45, 2.75) is 25.6 Å². The summed E-state index contributed by atoms with van der Waals surface area (Å²) in [7, 11) is 0. The van der Waals surface area contributed by atoms with Gasteiger partial charge in [-0.3, -0.25) is 0 Å². The predicted molar refractivity (Wildman–Crippen MR) is 62.7 cm³/mol. The van der Waals surface area contributed by atoms with Crippen LogP contribution < -0.4 is 5.32 Å². The Morgan fingerprint density at radius 1 is 1.50 bits per heavy atom. The zero-order chi connectivity index (χ0) is 9.80. The van der Waals surface area contributed by atoms with E-state index in [1.165, 1.54) is 9.35 Å². The van der Waals surface area contributed by atoms with Crippen molar-refractivity contribution in [3.8, 4) is 0 Å². The molecule has 0 bridgehead atoms. The van der Waals surface area contributed by atoms with Gasteiger partial charge < -0.3 is 10.1 Å². The molecule has 1 fully saturated rings. The van der Waals surface area contributed by atoms with Crippen LogP contribution in [0.15, 0.2) is 15.9 Å². The number of piperidine rings is 1. The highest BCUT2D eigenvalue weighted by Crippen LogP contribution is 2.24. The van der Waals surface area contributed by atoms with Crippen LogP contribution in [-0.2, 0) is 11.3 Å². The van der Waals surface area contributed by atoms with Gasteiger partial charge in [0.05, 0.1) is 12.7 Å². The Kier molecular flexibility index (Phi) is 3.99. The molecule has 0 radical (unpaired) electrons. The fourth-order valence-electron chi connectivity index (χ4n) is 1.58. The Bertz CT molecular complexity index is 283. The summed E-state index contributed by atoms with van der Waals surface area (Å²) in [5.41, 5.74) is 0. The van der Waals surface area contributed by atoms with Crippen molar-refractivity contribution in [3.05, 3.63) is 20.8 Å². The Balaban J connectivity index is 1.79. The first-order valence-corrected chi connectivity index (χ1v) is 6.58. The summed E-state index contributed by atoms with van der Waals surface area (Å²) in [6.07, 6.45) is 2.73. The molecule has 2 heterocycles. The van der Waals surface area contributed by atoms with Gasteiger partial charge in [-0.15, -0.1) is 11.3 Å². The third-order valence-electron chi connectivity index (χ3n) is 2.43. The van der Waals surface area contributed by atoms with Gasteiger partial charge in [-0.1, -0.05) is 0 Å². The lowest BCUT2D eigenvalue weighted by Crippen LogP contribution is -2.32. The van der Waals surface area contributed by atoms with Crippen LogP contribution in [0, 0.1) is 0 Å². The van der Waals surface area contributed by atoms with E-state index in [9.17, 15) is 0 Å². The second kappa shape index (κ2) is 5.26. The number of hydrogen-bond acceptors (Lipinski definition) is 3. The highest BCUT2D eigenvalue weighted by atomic mass is 79.9. The predicted octanol–water partition coefficient (Wildman–Crippen LogP) is 2.78. The van der Waals surface area contributed by atoms with Crippen molar-refractivity contribution in [3.63, 3.8) is 0 Å². The van der Waals surface area contributed by atoms with E-state index in [0.29, 0.717) is 6.10 Å². The summed E-state index contributed by atoms with van der Waals surface area (Å²) in [4.78, 5) is 1.29. The molecule has 14 heavy (non-hydrogen) atoms. The fourth-order valence-corrected chi connectivity index (χ4v) is 2.97. The molecule has 1 saturated heterocycles. The first-order valence-electron chi connectivity index (χ1n) is 4.90. The average Bonchev–Trinajstić information content (AvgIpc) is 2.63. The van der Waals surface area contributed by atoms with E-state index in [-0.39, 0.29) is 0 Å². The van der Waals surface area contributed by atoms with Crippen molar-refractivity contribution >= 4 is 27.3 Å². The van der Waals surface area contributed by atoms with E-state index < -0.39 is 0 Å². The molecule has 1 aliphatic heterocycles. The van der Waals surface area contributed by atoms with Gasteiger partial charge in [-0.2, -0.15) is 0 Å². The number of ether oxygens (including phenoxy) is 1. The van der Waals surface area contributed by atoms with Crippen LogP contribution in [0.1, 0.15) is 17.7 Å². The maximum absolute atomic E-state index is 5.85. The Morgan fingerprint density at radius 3 is 2.93 bits per heavy atom. The lowest BCUT2D eigenvalue weighted by atomic mass is 10.1. The van der Waals surface area contributed by atoms with Gasteiger partial charge in [0.2, 0.25) is 0 Å². The normalized spacial score (nSPS) is 18.6. The third-order valence-corrected chi connectivity index (χ3v) is 4.33. The second-order valence-corrected chi connectivity index (χ2v) is 5.31. The molecule has 0 aliphatic carbocycles. The number of rotatable bonds is 3. The second-order valence-electron chi connectivity index (χ2n) is 3.45. The van der Waals surface area contributed by atoms with Crippen molar-refractivity contribution in [1.29, 1.82) is 0 Å². The van der Waals surface area contributed by atoms with Gasteiger partial charge in [0.15, 0.2) is 0 Å². The standard InChI is InChI=1S/C10H14BrNOS/c11-9-3-6-14-10(9)7-13-8-1-4-12-5-2-8/h3,6,8,12H,1-2,4-5,7H2. The number of hydrogen-bond donors (Lipinski definition) is 1. The Hall–Kier alpha value is 0.1000. The summed E-state index contributed by atoms with van der Waals surface area (Å²) in [6, 6.07) is 2.08. The van der Waals surface area contributed by atoms with Gasteiger partial charge in [-0.05, 0) is 53.3 Å². The van der Waals surface area contributed by atoms with Crippen molar-refractivity contribution in [1.82, 2.24) is 5.32 Å². The van der Waals surface area contributed by atoms with Gasteiger partial charge >= 0.3 is 0 Å². The van der Waals surface area contributed by atoms with E-state index in [1.807, 2.05) is 0 Å². The zero-order valence-electron chi connectivity index (χ0n) is 7.96. The lowest BCUT2D eigenvalue weighted by Gasteiger charge is -2.22. The summed E-state index contributed by atoms with van der Waals surface area (Å²) < 4.78 is 7.03. The molecule has 0 atom stereocenters. The summed E-state index contributed by atoms with van der Waals surface area (Å²) in [5, 5.41) is 5.42. The zero-order valence-corrected chi connectivity index (χ0v) is 10.4. The number of nitrogens with one attached hydrogen (secondary N) is 1. The minimum absolute atomic E-state index is 0.449. The van der Waals surface area contributed by atoms with E-state index in [0.717, 1.165) is 32.5 Å². The molecule has 0 saturated carbocycles. The Labute approximate surface area is 96.8 Å². The lowest BCUT2D eigenvalue weighted by molar-refractivity contribution is 0.0224. The summed E-state index contributed by atoms with van der Waals surface area (Å²) in [5.74, 6) is 0. The average molecular weight is 276 g/mol. The fraction of sp³-hybridized carbons (Fsp3) is 0.600. The molecule has 0 spiro atoms. The molecule has 1 aromatic heterocycles. The largest absolute Gasteiger partial charge is 0.373 e. The molecule has 1 N–H and O–H groups in total. The van der Waals surface area contributed by atoms with Gasteiger partial charge in [0, 0.05) is 9.35 Å². The van der Waals surface area contributed by atoms with Crippen LogP contribution in [0.5, 0.6) is 0 Å². The monoisotopic (exact) mass is 275 g/mol. The third kappa shape index (κ3) is 2.79. The van der Waals surface area contributed by atoms with Gasteiger partial charge in [0.25, 0.3) is 0 Å². The molecule has 2 nitrogen and oxygen atoms in total. The van der Waals surface area contributed by atoms with Crippen molar-refractivity contribution < 1.29 is 4.74 Å². The highest BCUT2D eigenvalue weighted by molar-refractivity contribution is 9.10. The van der Waals surface area contributed by atoms with Crippen LogP contribution in [-0.4, -0.2) is 19.2 Å². The first kappa shape index (κ1) is 10.6. The first-order chi connectivity index (χ1) is 6.86. The van der Waals surface area contributed by atoms with Crippen LogP contribution in [0.2, 0.25) is 0 Å². The minimum Gasteiger partial charge on any atom is -0.373 e. The molecule has 1 aromatic rings. The van der Waals surface area contributed by atoms with E-state index in [2.05, 4.69) is 32.7 Å². The smallest absolute Gasteiger partial charge is 0.0824 e. The quantitative estimate of drug-likeness (QED) is 0.916. The van der Waals surface area contributed by atoms with E-state index in [1.54, 1.807) is 11.3 Å². The Morgan fingerprint density at radius 2 is 2.29 bits per heavy atom. The summed E-state index contributed by atoms with van der Waals surface area (Å²) >= 11 is 5.26. The van der Waals surface area contributed by atoms with Gasteiger partial charge in [0.1, 0.15) is 0 Å². The van der Waals surface area contributed by atoms with E-state index in [4.69, 9.17) is 4.74 Å². The SMILES string of the molecule is Brc1ccsc1COC1CCNCC1. The van der Waals surface area contributed by atoms with Gasteiger partial charge in [-0.25, -0.2) is 0 Å². The molecule has 4 heteroatoms. The molecule has 2 rings (SSSR count). The topological polar surface area (TPSA) is 21.3 Å². The van der Waals surface area contributed by atoms with E-state index >= 15 is 0 Å². The van der Waals surface area contributed by atoms with Crippen LogP contribution in [0.3, 0.4) is 0 Å². The molecule has 0 unspecified atom stereocenters. The van der Waals surface area contributed by atoms with Crippen LogP contribution in [0.25, 0.3) is 0 Å². The maximum atomic E-state index is 5.85. The molecular weight excluding hydrogens is 262 g/mol. The summed E-state index contributed by atoms with van der Waals surface area (Å²) in [6.45, 7) is 2.94. The molecule has 0 amide bonds. The van der Waals surface area contributed by atoms with Crippen LogP contribution >= 0.6 is 27.3 Å². The van der Waals surface area contributed by atoms with Crippen molar-refractivity contribution in [2.75, 3.05) is 13.1 Å². The molecule has 78 valence electrons. The van der Waals surface area contributed by atoms with Crippen LogP contribution in [0.4, 0.5) is 0 Å². The molecule has 1 aliphatic rings. The number of thiophene rings is 1. The minimum atomic E-state index is 0.449. The molecular formula is C10H14BrNOS. The van der Waals surface area contributed by atoms with Crippen molar-refractivity contribution in [2.24, 2.45) is 0 Å².